The Balaban J connectivity index is 2.73. The average molecular weight is 259 g/mol. The normalized spacial score (nSPS) is 22.6. The second-order valence-electron chi connectivity index (χ2n) is 4.51. The number of nitrogens with zero attached hydrogens (tertiary/aromatic N) is 3. The van der Waals surface area contributed by atoms with Gasteiger partial charge in [-0.05, 0) is 18.8 Å². The van der Waals surface area contributed by atoms with Crippen LogP contribution in [0.25, 0.3) is 0 Å². The van der Waals surface area contributed by atoms with Crippen molar-refractivity contribution in [1.29, 1.82) is 5.26 Å². The lowest BCUT2D eigenvalue weighted by Gasteiger charge is -2.33. The Hall–Kier alpha value is -0.640. The predicted molar refractivity (Wildman–Crippen MR) is 66.4 cm³/mol. The standard InChI is InChI=1S/C11H21N3O2S/c1-3-13(9-5-7-12)17(15,16)14-8-4-6-11(2)10-14/h11H,3-6,8-10H2,1-2H3. The molecular weight excluding hydrogens is 238 g/mol. The van der Waals surface area contributed by atoms with Crippen LogP contribution < -0.4 is 0 Å². The first kappa shape index (κ1) is 14.4. The summed E-state index contributed by atoms with van der Waals surface area (Å²) < 4.78 is 27.6. The molecule has 5 nitrogen and oxygen atoms in total. The van der Waals surface area contributed by atoms with E-state index in [0.29, 0.717) is 32.1 Å². The Morgan fingerprint density at radius 2 is 2.24 bits per heavy atom. The number of rotatable bonds is 5. The van der Waals surface area contributed by atoms with Gasteiger partial charge in [0.25, 0.3) is 10.2 Å². The summed E-state index contributed by atoms with van der Waals surface area (Å²) in [6.45, 7) is 5.81. The van der Waals surface area contributed by atoms with E-state index < -0.39 is 10.2 Å². The summed E-state index contributed by atoms with van der Waals surface area (Å²) in [7, 11) is -3.36. The van der Waals surface area contributed by atoms with Crippen LogP contribution >= 0.6 is 0 Å². The minimum absolute atomic E-state index is 0.246. The van der Waals surface area contributed by atoms with Crippen LogP contribution in [-0.4, -0.2) is 43.2 Å². The minimum Gasteiger partial charge on any atom is -0.198 e. The molecule has 1 aliphatic heterocycles. The highest BCUT2D eigenvalue weighted by atomic mass is 32.2. The number of hydrogen-bond donors (Lipinski definition) is 0. The molecule has 1 aliphatic rings. The minimum atomic E-state index is -3.36. The van der Waals surface area contributed by atoms with E-state index in [9.17, 15) is 8.42 Å². The molecule has 1 saturated heterocycles. The average Bonchev–Trinajstić information content (AvgIpc) is 2.30. The first-order valence-corrected chi connectivity index (χ1v) is 7.54. The molecule has 0 aromatic rings. The third kappa shape index (κ3) is 3.66. The van der Waals surface area contributed by atoms with Crippen molar-refractivity contribution in [1.82, 2.24) is 8.61 Å². The first-order valence-electron chi connectivity index (χ1n) is 6.14. The topological polar surface area (TPSA) is 64.4 Å². The SMILES string of the molecule is CCN(CCC#N)S(=O)(=O)N1CCCC(C)C1. The van der Waals surface area contributed by atoms with E-state index in [4.69, 9.17) is 5.26 Å². The number of nitriles is 1. The molecule has 1 rings (SSSR count). The maximum atomic E-state index is 12.3. The summed E-state index contributed by atoms with van der Waals surface area (Å²) in [5, 5.41) is 8.54. The van der Waals surface area contributed by atoms with Gasteiger partial charge < -0.3 is 0 Å². The van der Waals surface area contributed by atoms with Crippen molar-refractivity contribution in [2.24, 2.45) is 5.92 Å². The van der Waals surface area contributed by atoms with Crippen LogP contribution in [0.4, 0.5) is 0 Å². The fourth-order valence-electron chi connectivity index (χ4n) is 2.13. The molecule has 17 heavy (non-hydrogen) atoms. The van der Waals surface area contributed by atoms with Gasteiger partial charge in [-0.25, -0.2) is 0 Å². The van der Waals surface area contributed by atoms with Gasteiger partial charge in [0.2, 0.25) is 0 Å². The van der Waals surface area contributed by atoms with Crippen LogP contribution in [0, 0.1) is 17.2 Å². The van der Waals surface area contributed by atoms with Crippen molar-refractivity contribution in [3.05, 3.63) is 0 Å². The second kappa shape index (κ2) is 6.34. The van der Waals surface area contributed by atoms with Crippen molar-refractivity contribution in [2.45, 2.75) is 33.1 Å². The summed E-state index contributed by atoms with van der Waals surface area (Å²) in [5.41, 5.74) is 0. The van der Waals surface area contributed by atoms with E-state index in [-0.39, 0.29) is 6.42 Å². The van der Waals surface area contributed by atoms with Crippen molar-refractivity contribution >= 4 is 10.2 Å². The van der Waals surface area contributed by atoms with Gasteiger partial charge in [-0.15, -0.1) is 0 Å². The van der Waals surface area contributed by atoms with Gasteiger partial charge in [0.05, 0.1) is 6.07 Å². The van der Waals surface area contributed by atoms with Gasteiger partial charge in [0.15, 0.2) is 0 Å². The van der Waals surface area contributed by atoms with E-state index in [2.05, 4.69) is 6.92 Å². The third-order valence-electron chi connectivity index (χ3n) is 3.10. The number of piperidine rings is 1. The van der Waals surface area contributed by atoms with Gasteiger partial charge in [0.1, 0.15) is 0 Å². The Labute approximate surface area is 104 Å². The highest BCUT2D eigenvalue weighted by molar-refractivity contribution is 7.86. The monoisotopic (exact) mass is 259 g/mol. The molecule has 0 aromatic heterocycles. The molecule has 0 aromatic carbocycles. The van der Waals surface area contributed by atoms with Gasteiger partial charge in [-0.1, -0.05) is 13.8 Å². The largest absolute Gasteiger partial charge is 0.282 e. The molecule has 1 atom stereocenters. The molecule has 98 valence electrons. The molecule has 6 heteroatoms. The second-order valence-corrected chi connectivity index (χ2v) is 6.44. The highest BCUT2D eigenvalue weighted by Gasteiger charge is 2.31. The molecule has 1 heterocycles. The van der Waals surface area contributed by atoms with E-state index in [1.54, 1.807) is 4.31 Å². The Morgan fingerprint density at radius 3 is 2.76 bits per heavy atom. The van der Waals surface area contributed by atoms with Gasteiger partial charge in [-0.3, -0.25) is 0 Å². The van der Waals surface area contributed by atoms with Gasteiger partial charge in [0, 0.05) is 32.6 Å². The van der Waals surface area contributed by atoms with E-state index >= 15 is 0 Å². The zero-order chi connectivity index (χ0) is 12.9. The third-order valence-corrected chi connectivity index (χ3v) is 5.18. The van der Waals surface area contributed by atoms with Crippen LogP contribution in [0.5, 0.6) is 0 Å². The van der Waals surface area contributed by atoms with Gasteiger partial charge >= 0.3 is 0 Å². The molecule has 1 unspecified atom stereocenters. The molecule has 0 spiro atoms. The lowest BCUT2D eigenvalue weighted by Crippen LogP contribution is -2.47. The van der Waals surface area contributed by atoms with Crippen molar-refractivity contribution in [3.8, 4) is 6.07 Å². The summed E-state index contributed by atoms with van der Waals surface area (Å²) in [6, 6.07) is 1.99. The lowest BCUT2D eigenvalue weighted by atomic mass is 10.0. The molecule has 0 N–H and O–H groups in total. The molecular formula is C11H21N3O2S. The Morgan fingerprint density at radius 1 is 1.53 bits per heavy atom. The maximum absolute atomic E-state index is 12.3. The van der Waals surface area contributed by atoms with Gasteiger partial charge in [-0.2, -0.15) is 22.3 Å². The summed E-state index contributed by atoms with van der Waals surface area (Å²) in [6.07, 6.45) is 2.27. The summed E-state index contributed by atoms with van der Waals surface area (Å²) in [5.74, 6) is 0.424. The molecule has 0 saturated carbocycles. The fraction of sp³-hybridized carbons (Fsp3) is 0.909. The zero-order valence-corrected chi connectivity index (χ0v) is 11.4. The smallest absolute Gasteiger partial charge is 0.198 e. The van der Waals surface area contributed by atoms with Crippen molar-refractivity contribution in [2.75, 3.05) is 26.2 Å². The highest BCUT2D eigenvalue weighted by Crippen LogP contribution is 2.20. The van der Waals surface area contributed by atoms with Crippen LogP contribution in [0.1, 0.15) is 33.1 Å². The molecule has 0 amide bonds. The molecule has 1 fully saturated rings. The van der Waals surface area contributed by atoms with Crippen LogP contribution in [0.3, 0.4) is 0 Å². The Kier molecular flexibility index (Phi) is 5.37. The van der Waals surface area contributed by atoms with E-state index in [0.717, 1.165) is 12.8 Å². The van der Waals surface area contributed by atoms with Crippen LogP contribution in [0.2, 0.25) is 0 Å². The zero-order valence-electron chi connectivity index (χ0n) is 10.6. The number of hydrogen-bond acceptors (Lipinski definition) is 3. The van der Waals surface area contributed by atoms with Crippen molar-refractivity contribution < 1.29 is 8.42 Å². The maximum Gasteiger partial charge on any atom is 0.282 e. The Bertz CT molecular complexity index is 375. The van der Waals surface area contributed by atoms with Crippen LogP contribution in [0.15, 0.2) is 0 Å². The van der Waals surface area contributed by atoms with E-state index in [1.807, 2.05) is 13.0 Å². The van der Waals surface area contributed by atoms with Crippen molar-refractivity contribution in [3.63, 3.8) is 0 Å². The summed E-state index contributed by atoms with van der Waals surface area (Å²) >= 11 is 0. The molecule has 0 bridgehead atoms. The quantitative estimate of drug-likeness (QED) is 0.745. The van der Waals surface area contributed by atoms with E-state index in [1.165, 1.54) is 4.31 Å². The molecule has 0 radical (unpaired) electrons. The van der Waals surface area contributed by atoms with Crippen LogP contribution in [-0.2, 0) is 10.2 Å². The molecule has 0 aliphatic carbocycles. The fourth-order valence-corrected chi connectivity index (χ4v) is 3.91. The lowest BCUT2D eigenvalue weighted by molar-refractivity contribution is 0.259. The summed E-state index contributed by atoms with van der Waals surface area (Å²) in [4.78, 5) is 0. The first-order chi connectivity index (χ1) is 8.02. The predicted octanol–water partition coefficient (Wildman–Crippen LogP) is 1.20.